The first kappa shape index (κ1) is 13.6. The van der Waals surface area contributed by atoms with E-state index >= 15 is 0 Å². The van der Waals surface area contributed by atoms with Crippen LogP contribution >= 0.6 is 11.3 Å². The molecule has 1 aliphatic heterocycles. The average molecular weight is 308 g/mol. The molecule has 0 amide bonds. The van der Waals surface area contributed by atoms with E-state index in [0.29, 0.717) is 12.2 Å². The lowest BCUT2D eigenvalue weighted by molar-refractivity contribution is 0.397. The van der Waals surface area contributed by atoms with E-state index in [9.17, 15) is 8.42 Å². The van der Waals surface area contributed by atoms with Gasteiger partial charge in [-0.25, -0.2) is 8.42 Å². The Bertz CT molecular complexity index is 696. The molecule has 4 nitrogen and oxygen atoms in total. The van der Waals surface area contributed by atoms with E-state index in [1.165, 1.54) is 6.07 Å². The lowest BCUT2D eigenvalue weighted by Gasteiger charge is -2.23. The molecule has 20 heavy (non-hydrogen) atoms. The first-order chi connectivity index (χ1) is 9.59. The quantitative estimate of drug-likeness (QED) is 0.887. The van der Waals surface area contributed by atoms with Gasteiger partial charge in [0.05, 0.1) is 10.9 Å². The molecule has 2 heterocycles. The minimum Gasteiger partial charge on any atom is -0.399 e. The molecule has 3 rings (SSSR count). The van der Waals surface area contributed by atoms with Gasteiger partial charge in [-0.2, -0.15) is 15.6 Å². The average Bonchev–Trinajstić information content (AvgIpc) is 3.09. The number of nitrogen functional groups attached to an aromatic ring is 1. The normalized spacial score (nSPS) is 20.3. The molecule has 6 heteroatoms. The van der Waals surface area contributed by atoms with Crippen molar-refractivity contribution in [2.24, 2.45) is 0 Å². The Kier molecular flexibility index (Phi) is 3.54. The predicted molar refractivity (Wildman–Crippen MR) is 81.0 cm³/mol. The zero-order chi connectivity index (χ0) is 14.2. The van der Waals surface area contributed by atoms with Gasteiger partial charge in [-0.15, -0.1) is 0 Å². The van der Waals surface area contributed by atoms with Crippen LogP contribution in [0.1, 0.15) is 24.4 Å². The fourth-order valence-corrected chi connectivity index (χ4v) is 5.08. The number of anilines is 1. The molecule has 0 aliphatic carbocycles. The number of rotatable bonds is 3. The van der Waals surface area contributed by atoms with E-state index < -0.39 is 10.0 Å². The number of nitrogens with zero attached hydrogens (tertiary/aromatic N) is 1. The van der Waals surface area contributed by atoms with Crippen LogP contribution in [0.25, 0.3) is 0 Å². The second-order valence-corrected chi connectivity index (χ2v) is 7.57. The van der Waals surface area contributed by atoms with Gasteiger partial charge in [0.15, 0.2) is 0 Å². The monoisotopic (exact) mass is 308 g/mol. The molecule has 0 spiro atoms. The van der Waals surface area contributed by atoms with Crippen molar-refractivity contribution >= 4 is 27.0 Å². The highest BCUT2D eigenvalue weighted by Gasteiger charge is 2.36. The van der Waals surface area contributed by atoms with Crippen LogP contribution in [0.15, 0.2) is 46.0 Å². The molecule has 106 valence electrons. The van der Waals surface area contributed by atoms with Crippen LogP contribution in [-0.2, 0) is 10.0 Å². The minimum atomic E-state index is -3.48. The predicted octanol–water partition coefficient (Wildman–Crippen LogP) is 2.86. The number of thiophene rings is 1. The van der Waals surface area contributed by atoms with Gasteiger partial charge in [-0.1, -0.05) is 6.07 Å². The van der Waals surface area contributed by atoms with Gasteiger partial charge in [0, 0.05) is 12.2 Å². The Morgan fingerprint density at radius 3 is 2.85 bits per heavy atom. The number of nitrogens with two attached hydrogens (primary N) is 1. The van der Waals surface area contributed by atoms with Gasteiger partial charge in [-0.3, -0.25) is 0 Å². The summed E-state index contributed by atoms with van der Waals surface area (Å²) in [5.41, 5.74) is 7.25. The maximum Gasteiger partial charge on any atom is 0.243 e. The van der Waals surface area contributed by atoms with Gasteiger partial charge in [0.2, 0.25) is 10.0 Å². The summed E-state index contributed by atoms with van der Waals surface area (Å²) in [6.45, 7) is 0.567. The van der Waals surface area contributed by atoms with Crippen molar-refractivity contribution in [3.05, 3.63) is 46.7 Å². The summed E-state index contributed by atoms with van der Waals surface area (Å²) in [6.07, 6.45) is 1.76. The number of hydrogen-bond acceptors (Lipinski definition) is 4. The van der Waals surface area contributed by atoms with Crippen LogP contribution in [-0.4, -0.2) is 19.3 Å². The zero-order valence-corrected chi connectivity index (χ0v) is 12.5. The van der Waals surface area contributed by atoms with Crippen LogP contribution in [0.2, 0.25) is 0 Å². The lowest BCUT2D eigenvalue weighted by Crippen LogP contribution is -2.30. The van der Waals surface area contributed by atoms with Crippen molar-refractivity contribution in [2.75, 3.05) is 12.3 Å². The molecule has 2 aromatic rings. The fraction of sp³-hybridized carbons (Fsp3) is 0.286. The molecule has 1 aromatic carbocycles. The molecule has 1 aliphatic rings. The molecular weight excluding hydrogens is 292 g/mol. The lowest BCUT2D eigenvalue weighted by atomic mass is 10.1. The van der Waals surface area contributed by atoms with Gasteiger partial charge in [0.1, 0.15) is 0 Å². The minimum absolute atomic E-state index is 0.0484. The molecule has 1 fully saturated rings. The summed E-state index contributed by atoms with van der Waals surface area (Å²) in [6, 6.07) is 8.46. The van der Waals surface area contributed by atoms with Gasteiger partial charge >= 0.3 is 0 Å². The van der Waals surface area contributed by atoms with E-state index in [-0.39, 0.29) is 10.9 Å². The Morgan fingerprint density at radius 1 is 1.30 bits per heavy atom. The van der Waals surface area contributed by atoms with Crippen LogP contribution in [0.5, 0.6) is 0 Å². The van der Waals surface area contributed by atoms with E-state index in [1.807, 2.05) is 16.8 Å². The van der Waals surface area contributed by atoms with Gasteiger partial charge < -0.3 is 5.73 Å². The standard InChI is InChI=1S/C14H16N2O2S2/c15-12-3-1-4-13(9-12)20(17,18)16-7-2-5-14(16)11-6-8-19-10-11/h1,3-4,6,8-10,14H,2,5,7,15H2. The van der Waals surface area contributed by atoms with Crippen LogP contribution in [0.4, 0.5) is 5.69 Å². The van der Waals surface area contributed by atoms with Crippen LogP contribution < -0.4 is 5.73 Å². The highest BCUT2D eigenvalue weighted by atomic mass is 32.2. The summed E-state index contributed by atoms with van der Waals surface area (Å²) in [7, 11) is -3.48. The summed E-state index contributed by atoms with van der Waals surface area (Å²) >= 11 is 1.60. The molecular formula is C14H16N2O2S2. The SMILES string of the molecule is Nc1cccc(S(=O)(=O)N2CCCC2c2ccsc2)c1. The highest BCUT2D eigenvalue weighted by Crippen LogP contribution is 2.37. The van der Waals surface area contributed by atoms with E-state index in [1.54, 1.807) is 33.8 Å². The van der Waals surface area contributed by atoms with Crippen LogP contribution in [0.3, 0.4) is 0 Å². The first-order valence-corrected chi connectivity index (χ1v) is 8.87. The highest BCUT2D eigenvalue weighted by molar-refractivity contribution is 7.89. The smallest absolute Gasteiger partial charge is 0.243 e. The van der Waals surface area contributed by atoms with E-state index in [0.717, 1.165) is 18.4 Å². The van der Waals surface area contributed by atoms with Crippen molar-refractivity contribution in [2.45, 2.75) is 23.8 Å². The van der Waals surface area contributed by atoms with Gasteiger partial charge in [0.25, 0.3) is 0 Å². The third-order valence-corrected chi connectivity index (χ3v) is 6.20. The molecule has 0 radical (unpaired) electrons. The maximum atomic E-state index is 12.8. The fourth-order valence-electron chi connectivity index (χ4n) is 2.64. The molecule has 1 unspecified atom stereocenters. The number of hydrogen-bond donors (Lipinski definition) is 1. The maximum absolute atomic E-state index is 12.8. The first-order valence-electron chi connectivity index (χ1n) is 6.48. The summed E-state index contributed by atoms with van der Waals surface area (Å²) < 4.78 is 27.1. The van der Waals surface area contributed by atoms with Crippen molar-refractivity contribution in [3.8, 4) is 0 Å². The third kappa shape index (κ3) is 2.34. The zero-order valence-electron chi connectivity index (χ0n) is 10.9. The topological polar surface area (TPSA) is 63.4 Å². The molecule has 2 N–H and O–H groups in total. The molecule has 1 aromatic heterocycles. The summed E-state index contributed by atoms with van der Waals surface area (Å²) in [4.78, 5) is 0.277. The number of benzene rings is 1. The molecule has 1 atom stereocenters. The molecule has 1 saturated heterocycles. The molecule has 0 saturated carbocycles. The second kappa shape index (κ2) is 5.20. The molecule has 0 bridgehead atoms. The van der Waals surface area contributed by atoms with Crippen molar-refractivity contribution < 1.29 is 8.42 Å². The Hall–Kier alpha value is -1.37. The second-order valence-electron chi connectivity index (χ2n) is 4.90. The van der Waals surface area contributed by atoms with Crippen molar-refractivity contribution in [1.29, 1.82) is 0 Å². The van der Waals surface area contributed by atoms with Crippen LogP contribution in [0, 0.1) is 0 Å². The van der Waals surface area contributed by atoms with Crippen molar-refractivity contribution in [3.63, 3.8) is 0 Å². The summed E-state index contributed by atoms with van der Waals surface area (Å²) in [5, 5.41) is 4.01. The third-order valence-electron chi connectivity index (χ3n) is 3.60. The number of sulfonamides is 1. The van der Waals surface area contributed by atoms with E-state index in [2.05, 4.69) is 0 Å². The van der Waals surface area contributed by atoms with Crippen molar-refractivity contribution in [1.82, 2.24) is 4.31 Å². The Morgan fingerprint density at radius 2 is 2.15 bits per heavy atom. The summed E-state index contributed by atoms with van der Waals surface area (Å²) in [5.74, 6) is 0. The van der Waals surface area contributed by atoms with E-state index in [4.69, 9.17) is 5.73 Å². The van der Waals surface area contributed by atoms with Gasteiger partial charge in [-0.05, 0) is 53.4 Å². The Balaban J connectivity index is 1.98. The Labute approximate surface area is 122 Å². The largest absolute Gasteiger partial charge is 0.399 e.